The number of carbonyl (C=O) groups is 1. The smallest absolute Gasteiger partial charge is 0.241 e. The highest BCUT2D eigenvalue weighted by Crippen LogP contribution is 2.27. The summed E-state index contributed by atoms with van der Waals surface area (Å²) in [4.78, 5) is 20.6. The van der Waals surface area contributed by atoms with E-state index in [0.29, 0.717) is 18.3 Å². The number of amides is 1. The van der Waals surface area contributed by atoms with Crippen molar-refractivity contribution >= 4 is 23.4 Å². The van der Waals surface area contributed by atoms with E-state index >= 15 is 0 Å². The van der Waals surface area contributed by atoms with Crippen LogP contribution >= 0.6 is 11.8 Å². The third kappa shape index (κ3) is 5.26. The molecule has 2 heterocycles. The minimum atomic E-state index is 0.0173. The monoisotopic (exact) mass is 438 g/mol. The van der Waals surface area contributed by atoms with Crippen molar-refractivity contribution in [3.63, 3.8) is 0 Å². The van der Waals surface area contributed by atoms with Gasteiger partial charge in [0.05, 0.1) is 19.3 Å². The van der Waals surface area contributed by atoms with Gasteiger partial charge in [-0.2, -0.15) is 4.98 Å². The lowest BCUT2D eigenvalue weighted by Crippen LogP contribution is -2.37. The molecule has 0 saturated carbocycles. The Hall–Kier alpha value is -2.84. The van der Waals surface area contributed by atoms with Crippen LogP contribution in [0.25, 0.3) is 11.4 Å². The molecule has 0 radical (unpaired) electrons. The summed E-state index contributed by atoms with van der Waals surface area (Å²) in [6.45, 7) is 2.23. The highest BCUT2D eigenvalue weighted by Gasteiger charge is 2.26. The molecule has 0 aliphatic carbocycles. The lowest BCUT2D eigenvalue weighted by molar-refractivity contribution is -0.121. The van der Waals surface area contributed by atoms with E-state index in [0.717, 1.165) is 47.8 Å². The molecule has 8 heteroatoms. The van der Waals surface area contributed by atoms with Gasteiger partial charge in [0.2, 0.25) is 17.6 Å². The molecule has 7 nitrogen and oxygen atoms in total. The molecule has 3 aromatic rings. The Balaban J connectivity index is 1.29. The topological polar surface area (TPSA) is 80.5 Å². The molecular formula is C23H26N4O3S. The van der Waals surface area contributed by atoms with Gasteiger partial charge < -0.3 is 14.6 Å². The number of rotatable bonds is 7. The van der Waals surface area contributed by atoms with Gasteiger partial charge in [0.25, 0.3) is 0 Å². The number of hydrogen-bond donors (Lipinski definition) is 1. The minimum Gasteiger partial charge on any atom is -0.497 e. The highest BCUT2D eigenvalue weighted by atomic mass is 32.2. The first-order valence-corrected chi connectivity index (χ1v) is 11.5. The number of nitrogens with one attached hydrogen (secondary N) is 1. The molecule has 0 spiro atoms. The molecular weight excluding hydrogens is 412 g/mol. The fourth-order valence-corrected chi connectivity index (χ4v) is 4.26. The Morgan fingerprint density at radius 2 is 1.94 bits per heavy atom. The number of anilines is 1. The van der Waals surface area contributed by atoms with E-state index in [9.17, 15) is 4.79 Å². The maximum absolute atomic E-state index is 12.7. The zero-order chi connectivity index (χ0) is 21.6. The van der Waals surface area contributed by atoms with Crippen LogP contribution in [0.4, 0.5) is 5.69 Å². The number of likely N-dealkylation sites (tertiary alicyclic amines) is 1. The van der Waals surface area contributed by atoms with Crippen LogP contribution in [0.3, 0.4) is 0 Å². The number of para-hydroxylation sites is 1. The van der Waals surface area contributed by atoms with E-state index in [1.54, 1.807) is 18.9 Å². The van der Waals surface area contributed by atoms with Gasteiger partial charge in [0, 0.05) is 16.4 Å². The van der Waals surface area contributed by atoms with Crippen molar-refractivity contribution in [2.24, 2.45) is 5.92 Å². The molecule has 4 rings (SSSR count). The Labute approximate surface area is 186 Å². The van der Waals surface area contributed by atoms with Crippen LogP contribution in [0.5, 0.6) is 5.75 Å². The molecule has 1 aliphatic rings. The van der Waals surface area contributed by atoms with Crippen LogP contribution < -0.4 is 10.1 Å². The van der Waals surface area contributed by atoms with E-state index in [1.807, 2.05) is 54.8 Å². The van der Waals surface area contributed by atoms with E-state index in [4.69, 9.17) is 9.26 Å². The fourth-order valence-electron chi connectivity index (χ4n) is 3.70. The molecule has 1 saturated heterocycles. The number of nitrogens with zero attached hydrogens (tertiary/aromatic N) is 3. The summed E-state index contributed by atoms with van der Waals surface area (Å²) in [6, 6.07) is 15.5. The van der Waals surface area contributed by atoms with Crippen LogP contribution in [0.1, 0.15) is 18.7 Å². The van der Waals surface area contributed by atoms with Gasteiger partial charge >= 0.3 is 0 Å². The molecule has 31 heavy (non-hydrogen) atoms. The second-order valence-corrected chi connectivity index (χ2v) is 8.33. The molecule has 162 valence electrons. The summed E-state index contributed by atoms with van der Waals surface area (Å²) < 4.78 is 10.6. The van der Waals surface area contributed by atoms with Crippen molar-refractivity contribution < 1.29 is 14.1 Å². The number of aromatic nitrogens is 2. The number of piperidine rings is 1. The second-order valence-electron chi connectivity index (χ2n) is 7.48. The lowest BCUT2D eigenvalue weighted by atomic mass is 9.96. The third-order valence-corrected chi connectivity index (χ3v) is 6.29. The number of hydrogen-bond acceptors (Lipinski definition) is 7. The average Bonchev–Trinajstić information content (AvgIpc) is 3.28. The molecule has 1 aliphatic heterocycles. The highest BCUT2D eigenvalue weighted by molar-refractivity contribution is 7.98. The van der Waals surface area contributed by atoms with Crippen LogP contribution in [-0.4, -0.2) is 47.4 Å². The molecule has 0 bridgehead atoms. The first-order valence-electron chi connectivity index (χ1n) is 10.3. The number of carbonyl (C=O) groups excluding carboxylic acids is 1. The fraction of sp³-hybridized carbons (Fsp3) is 0.348. The van der Waals surface area contributed by atoms with Crippen LogP contribution in [0, 0.1) is 5.92 Å². The maximum atomic E-state index is 12.7. The van der Waals surface area contributed by atoms with Gasteiger partial charge in [-0.3, -0.25) is 9.69 Å². The Bertz CT molecular complexity index is 1010. The Morgan fingerprint density at radius 3 is 2.65 bits per heavy atom. The van der Waals surface area contributed by atoms with Gasteiger partial charge in [0.1, 0.15) is 5.75 Å². The first-order chi connectivity index (χ1) is 15.2. The second kappa shape index (κ2) is 9.98. The number of methoxy groups -OCH3 is 1. The van der Waals surface area contributed by atoms with Gasteiger partial charge in [-0.25, -0.2) is 0 Å². The molecule has 1 aromatic heterocycles. The van der Waals surface area contributed by atoms with E-state index in [-0.39, 0.29) is 11.8 Å². The lowest BCUT2D eigenvalue weighted by Gasteiger charge is -2.30. The molecule has 1 N–H and O–H groups in total. The molecule has 0 atom stereocenters. The van der Waals surface area contributed by atoms with Crippen molar-refractivity contribution in [3.05, 3.63) is 54.4 Å². The summed E-state index contributed by atoms with van der Waals surface area (Å²) in [5.41, 5.74) is 1.77. The number of ether oxygens (including phenoxy) is 1. The molecule has 1 fully saturated rings. The maximum Gasteiger partial charge on any atom is 0.241 e. The summed E-state index contributed by atoms with van der Waals surface area (Å²) in [5, 5.41) is 7.19. The zero-order valence-electron chi connectivity index (χ0n) is 17.7. The third-order valence-electron chi connectivity index (χ3n) is 5.50. The van der Waals surface area contributed by atoms with Gasteiger partial charge in [-0.15, -0.1) is 11.8 Å². The predicted octanol–water partition coefficient (Wildman–Crippen LogP) is 4.32. The summed E-state index contributed by atoms with van der Waals surface area (Å²) in [5.74, 6) is 2.06. The molecule has 1 amide bonds. The zero-order valence-corrected chi connectivity index (χ0v) is 18.5. The van der Waals surface area contributed by atoms with Gasteiger partial charge in [-0.1, -0.05) is 17.3 Å². The quantitative estimate of drug-likeness (QED) is 0.550. The first kappa shape index (κ1) is 21.4. The number of thioether (sulfide) groups is 1. The van der Waals surface area contributed by atoms with Crippen LogP contribution in [0.15, 0.2) is 57.9 Å². The van der Waals surface area contributed by atoms with Gasteiger partial charge in [-0.05, 0) is 68.6 Å². The predicted molar refractivity (Wildman–Crippen MR) is 121 cm³/mol. The largest absolute Gasteiger partial charge is 0.497 e. The summed E-state index contributed by atoms with van der Waals surface area (Å²) in [7, 11) is 1.64. The van der Waals surface area contributed by atoms with E-state index in [1.165, 1.54) is 0 Å². The van der Waals surface area contributed by atoms with Crippen molar-refractivity contribution in [2.45, 2.75) is 24.3 Å². The normalized spacial score (nSPS) is 15.0. The Kier molecular flexibility index (Phi) is 6.89. The van der Waals surface area contributed by atoms with E-state index < -0.39 is 0 Å². The molecule has 2 aromatic carbocycles. The van der Waals surface area contributed by atoms with Crippen LogP contribution in [-0.2, 0) is 11.3 Å². The van der Waals surface area contributed by atoms with Crippen molar-refractivity contribution in [1.82, 2.24) is 15.0 Å². The summed E-state index contributed by atoms with van der Waals surface area (Å²) >= 11 is 1.64. The summed E-state index contributed by atoms with van der Waals surface area (Å²) in [6.07, 6.45) is 3.64. The van der Waals surface area contributed by atoms with Gasteiger partial charge in [0.15, 0.2) is 0 Å². The van der Waals surface area contributed by atoms with Crippen LogP contribution in [0.2, 0.25) is 0 Å². The van der Waals surface area contributed by atoms with Crippen molar-refractivity contribution in [3.8, 4) is 17.1 Å². The minimum absolute atomic E-state index is 0.0173. The standard InChI is InChI=1S/C23H26N4O3S/c1-29-18-9-7-16(8-10-18)22-25-21(30-26-22)15-27-13-11-17(12-14-27)23(28)24-19-5-3-4-6-20(19)31-2/h3-10,17H,11-15H2,1-2H3,(H,24,28). The van der Waals surface area contributed by atoms with E-state index in [2.05, 4.69) is 20.4 Å². The number of benzene rings is 2. The average molecular weight is 439 g/mol. The SMILES string of the molecule is COc1ccc(-c2noc(CN3CCC(C(=O)Nc4ccccc4SC)CC3)n2)cc1. The molecule has 0 unspecified atom stereocenters. The van der Waals surface area contributed by atoms with Crippen molar-refractivity contribution in [1.29, 1.82) is 0 Å². The van der Waals surface area contributed by atoms with Crippen molar-refractivity contribution in [2.75, 3.05) is 31.8 Å². The Morgan fingerprint density at radius 1 is 1.19 bits per heavy atom.